The zero-order valence-electron chi connectivity index (χ0n) is 14.9. The average molecular weight is 404 g/mol. The van der Waals surface area contributed by atoms with Crippen molar-refractivity contribution < 1.29 is 13.2 Å². The van der Waals surface area contributed by atoms with Gasteiger partial charge in [0.2, 0.25) is 0 Å². The second-order valence-electron chi connectivity index (χ2n) is 6.16. The third kappa shape index (κ3) is 4.43. The molecule has 0 saturated heterocycles. The lowest BCUT2D eigenvalue weighted by atomic mass is 10.0. The molecule has 0 fully saturated rings. The summed E-state index contributed by atoms with van der Waals surface area (Å²) in [6, 6.07) is 8.45. The van der Waals surface area contributed by atoms with Crippen molar-refractivity contribution in [2.75, 3.05) is 12.8 Å². The van der Waals surface area contributed by atoms with Gasteiger partial charge in [-0.05, 0) is 42.8 Å². The van der Waals surface area contributed by atoms with E-state index in [1.54, 1.807) is 30.5 Å². The van der Waals surface area contributed by atoms with Gasteiger partial charge in [0, 0.05) is 48.3 Å². The Morgan fingerprint density at radius 3 is 2.67 bits per heavy atom. The van der Waals surface area contributed by atoms with Gasteiger partial charge in [-0.15, -0.1) is 0 Å². The molecule has 0 atom stereocenters. The van der Waals surface area contributed by atoms with Crippen LogP contribution in [0.4, 0.5) is 0 Å². The number of carbonyl (C=O) groups is 1. The van der Waals surface area contributed by atoms with Gasteiger partial charge in [0.25, 0.3) is 5.91 Å². The van der Waals surface area contributed by atoms with E-state index in [9.17, 15) is 13.2 Å². The summed E-state index contributed by atoms with van der Waals surface area (Å²) in [5.74, 6) is -0.174. The summed E-state index contributed by atoms with van der Waals surface area (Å²) in [6.45, 7) is 2.38. The Morgan fingerprint density at radius 1 is 1.19 bits per heavy atom. The second kappa shape index (κ2) is 7.62. The first-order valence-electron chi connectivity index (χ1n) is 8.29. The van der Waals surface area contributed by atoms with Crippen molar-refractivity contribution >= 4 is 38.2 Å². The molecule has 6 nitrogen and oxygen atoms in total. The van der Waals surface area contributed by atoms with E-state index >= 15 is 0 Å². The van der Waals surface area contributed by atoms with Crippen LogP contribution >= 0.6 is 11.6 Å². The summed E-state index contributed by atoms with van der Waals surface area (Å²) < 4.78 is 24.4. The number of aromatic nitrogens is 2. The molecule has 140 valence electrons. The Bertz CT molecular complexity index is 1130. The van der Waals surface area contributed by atoms with Gasteiger partial charge in [0.15, 0.2) is 9.84 Å². The van der Waals surface area contributed by atoms with Gasteiger partial charge in [-0.3, -0.25) is 14.8 Å². The fraction of sp³-hybridized carbons (Fsp3) is 0.211. The van der Waals surface area contributed by atoms with Gasteiger partial charge >= 0.3 is 0 Å². The number of rotatable bonds is 5. The zero-order valence-corrected chi connectivity index (χ0v) is 16.4. The first kappa shape index (κ1) is 19.3. The highest BCUT2D eigenvalue weighted by Gasteiger charge is 2.16. The number of benzene rings is 1. The number of carbonyl (C=O) groups excluding carboxylic acids is 1. The van der Waals surface area contributed by atoms with Crippen molar-refractivity contribution in [3.05, 3.63) is 64.6 Å². The van der Waals surface area contributed by atoms with E-state index in [4.69, 9.17) is 11.6 Å². The van der Waals surface area contributed by atoms with Crippen LogP contribution in [0.25, 0.3) is 10.9 Å². The van der Waals surface area contributed by atoms with E-state index in [1.807, 2.05) is 13.0 Å². The van der Waals surface area contributed by atoms with Crippen LogP contribution in [-0.2, 0) is 16.3 Å². The molecule has 0 aliphatic heterocycles. The van der Waals surface area contributed by atoms with Crippen molar-refractivity contribution in [1.82, 2.24) is 15.3 Å². The zero-order chi connectivity index (χ0) is 19.6. The van der Waals surface area contributed by atoms with Crippen LogP contribution in [0.1, 0.15) is 28.5 Å². The van der Waals surface area contributed by atoms with Crippen LogP contribution in [0.3, 0.4) is 0 Å². The van der Waals surface area contributed by atoms with E-state index in [0.29, 0.717) is 40.1 Å². The summed E-state index contributed by atoms with van der Waals surface area (Å²) >= 11 is 6.01. The predicted molar refractivity (Wildman–Crippen MR) is 105 cm³/mol. The van der Waals surface area contributed by atoms with Crippen molar-refractivity contribution in [2.45, 2.75) is 18.2 Å². The number of pyridine rings is 2. The van der Waals surface area contributed by atoms with Gasteiger partial charge < -0.3 is 5.32 Å². The van der Waals surface area contributed by atoms with E-state index in [0.717, 1.165) is 11.8 Å². The summed E-state index contributed by atoms with van der Waals surface area (Å²) in [7, 11) is -3.48. The molecule has 0 saturated carbocycles. The smallest absolute Gasteiger partial charge is 0.251 e. The Kier molecular flexibility index (Phi) is 5.43. The molecule has 27 heavy (non-hydrogen) atoms. The lowest BCUT2D eigenvalue weighted by Crippen LogP contribution is -2.22. The Labute approximate surface area is 162 Å². The molecule has 1 amide bonds. The predicted octanol–water partition coefficient (Wildman–Crippen LogP) is 3.03. The summed E-state index contributed by atoms with van der Waals surface area (Å²) in [4.78, 5) is 20.6. The maximum atomic E-state index is 12.2. The molecule has 0 bridgehead atoms. The maximum absolute atomic E-state index is 12.2. The second-order valence-corrected chi connectivity index (χ2v) is 8.58. The summed E-state index contributed by atoms with van der Waals surface area (Å²) in [5, 5.41) is 3.81. The molecule has 0 aliphatic rings. The number of halogens is 1. The quantitative estimate of drug-likeness (QED) is 0.707. The van der Waals surface area contributed by atoms with Crippen molar-refractivity contribution in [3.8, 4) is 0 Å². The molecule has 0 spiro atoms. The molecule has 2 aromatic heterocycles. The normalized spacial score (nSPS) is 11.5. The number of fused-ring (bicyclic) bond motifs is 1. The fourth-order valence-corrected chi connectivity index (χ4v) is 3.88. The number of nitrogens with one attached hydrogen (secondary N) is 1. The van der Waals surface area contributed by atoms with Gasteiger partial charge in [-0.25, -0.2) is 8.42 Å². The number of sulfone groups is 1. The number of hydrogen-bond acceptors (Lipinski definition) is 5. The van der Waals surface area contributed by atoms with Crippen molar-refractivity contribution in [3.63, 3.8) is 0 Å². The molecule has 2 heterocycles. The highest BCUT2D eigenvalue weighted by atomic mass is 35.5. The molecule has 8 heteroatoms. The highest BCUT2D eigenvalue weighted by Crippen LogP contribution is 2.26. The van der Waals surface area contributed by atoms with Crippen molar-refractivity contribution in [1.29, 1.82) is 0 Å². The molecular weight excluding hydrogens is 386 g/mol. The van der Waals surface area contributed by atoms with Crippen LogP contribution in [0.15, 0.2) is 47.6 Å². The van der Waals surface area contributed by atoms with Crippen LogP contribution in [0.5, 0.6) is 0 Å². The lowest BCUT2D eigenvalue weighted by Gasteiger charge is -2.09. The third-order valence-electron chi connectivity index (χ3n) is 3.98. The van der Waals surface area contributed by atoms with Gasteiger partial charge in [-0.1, -0.05) is 11.6 Å². The standard InChI is InChI=1S/C19H18ClN3O3S/c1-3-21-19(24)13-4-5-22-16(10-13)7-12-6-14-9-15(20)11-23-18(14)17(8-12)27(2,25)26/h4-6,8-11H,3,7H2,1-2H3,(H,21,24). The largest absolute Gasteiger partial charge is 0.352 e. The lowest BCUT2D eigenvalue weighted by molar-refractivity contribution is 0.0955. The minimum absolute atomic E-state index is 0.145. The number of nitrogens with zero attached hydrogens (tertiary/aromatic N) is 2. The van der Waals surface area contributed by atoms with Crippen LogP contribution in [-0.4, -0.2) is 37.1 Å². The minimum Gasteiger partial charge on any atom is -0.352 e. The van der Waals surface area contributed by atoms with Gasteiger partial charge in [0.05, 0.1) is 15.4 Å². The van der Waals surface area contributed by atoms with E-state index in [1.165, 1.54) is 6.20 Å². The number of hydrogen-bond donors (Lipinski definition) is 1. The molecule has 1 N–H and O–H groups in total. The topological polar surface area (TPSA) is 89.0 Å². The van der Waals surface area contributed by atoms with Gasteiger partial charge in [-0.2, -0.15) is 0 Å². The maximum Gasteiger partial charge on any atom is 0.251 e. The monoisotopic (exact) mass is 403 g/mol. The number of amides is 1. The van der Waals surface area contributed by atoms with Crippen molar-refractivity contribution in [2.24, 2.45) is 0 Å². The molecule has 0 unspecified atom stereocenters. The molecule has 1 aromatic carbocycles. The Balaban J connectivity index is 2.05. The average Bonchev–Trinajstić information content (AvgIpc) is 2.60. The third-order valence-corrected chi connectivity index (χ3v) is 5.29. The van der Waals surface area contributed by atoms with Crippen LogP contribution < -0.4 is 5.32 Å². The molecular formula is C19H18ClN3O3S. The summed E-state index contributed by atoms with van der Waals surface area (Å²) in [6.07, 6.45) is 4.51. The fourth-order valence-electron chi connectivity index (χ4n) is 2.82. The van der Waals surface area contributed by atoms with E-state index < -0.39 is 9.84 Å². The van der Waals surface area contributed by atoms with Crippen LogP contribution in [0.2, 0.25) is 5.02 Å². The van der Waals surface area contributed by atoms with E-state index in [-0.39, 0.29) is 10.8 Å². The first-order chi connectivity index (χ1) is 12.8. The van der Waals surface area contributed by atoms with Crippen LogP contribution in [0, 0.1) is 0 Å². The SMILES string of the molecule is CCNC(=O)c1ccnc(Cc2cc(S(C)(=O)=O)c3ncc(Cl)cc3c2)c1. The molecule has 0 aliphatic carbocycles. The van der Waals surface area contributed by atoms with Gasteiger partial charge in [0.1, 0.15) is 0 Å². The Morgan fingerprint density at radius 2 is 1.96 bits per heavy atom. The highest BCUT2D eigenvalue weighted by molar-refractivity contribution is 7.91. The summed E-state index contributed by atoms with van der Waals surface area (Å²) in [5.41, 5.74) is 2.30. The molecule has 3 rings (SSSR count). The molecule has 3 aromatic rings. The van der Waals surface area contributed by atoms with E-state index in [2.05, 4.69) is 15.3 Å². The molecule has 0 radical (unpaired) electrons. The Hall–Kier alpha value is -2.51. The first-order valence-corrected chi connectivity index (χ1v) is 10.6. The minimum atomic E-state index is -3.48.